The molecule has 1 unspecified atom stereocenters. The number of hydrogen-bond donors (Lipinski definition) is 2. The predicted octanol–water partition coefficient (Wildman–Crippen LogP) is 3.62. The summed E-state index contributed by atoms with van der Waals surface area (Å²) in [6.45, 7) is 3.70. The van der Waals surface area contributed by atoms with Gasteiger partial charge in [-0.05, 0) is 49.7 Å². The monoisotopic (exact) mass is 301 g/mol. The van der Waals surface area contributed by atoms with Crippen molar-refractivity contribution in [1.29, 1.82) is 0 Å². The molecule has 2 aromatic carbocycles. The van der Waals surface area contributed by atoms with Gasteiger partial charge in [0, 0.05) is 10.7 Å². The molecule has 4 nitrogen and oxygen atoms in total. The molecule has 0 aliphatic heterocycles. The normalized spacial score (nSPS) is 12.8. The van der Waals surface area contributed by atoms with Crippen LogP contribution in [0.4, 0.5) is 5.69 Å². The summed E-state index contributed by atoms with van der Waals surface area (Å²) >= 11 is 6.13. The molecule has 0 saturated heterocycles. The van der Waals surface area contributed by atoms with Crippen LogP contribution in [0, 0.1) is 6.92 Å². The summed E-state index contributed by atoms with van der Waals surface area (Å²) in [6, 6.07) is 11.2. The molecule has 0 fully saturated rings. The number of aliphatic hydroxyl groups excluding tert-OH is 1. The molecule has 108 valence electrons. The third kappa shape index (κ3) is 2.37. The number of aliphatic hydroxyl groups is 1. The number of aryl methyl sites for hydroxylation is 1. The third-order valence-electron chi connectivity index (χ3n) is 3.49. The third-order valence-corrected chi connectivity index (χ3v) is 3.73. The number of nitrogen functional groups attached to an aromatic ring is 1. The van der Waals surface area contributed by atoms with Crippen molar-refractivity contribution in [3.8, 4) is 5.69 Å². The molecule has 3 N–H and O–H groups in total. The molecule has 1 atom stereocenters. The van der Waals surface area contributed by atoms with Gasteiger partial charge >= 0.3 is 0 Å². The summed E-state index contributed by atoms with van der Waals surface area (Å²) in [4.78, 5) is 4.51. The van der Waals surface area contributed by atoms with Gasteiger partial charge in [0.25, 0.3) is 0 Å². The number of hydrogen-bond acceptors (Lipinski definition) is 3. The fraction of sp³-hybridized carbons (Fsp3) is 0.188. The molecule has 0 radical (unpaired) electrons. The van der Waals surface area contributed by atoms with Gasteiger partial charge in [-0.2, -0.15) is 0 Å². The lowest BCUT2D eigenvalue weighted by Gasteiger charge is -2.14. The Hall–Kier alpha value is -2.04. The Balaban J connectivity index is 2.39. The van der Waals surface area contributed by atoms with Crippen molar-refractivity contribution >= 4 is 28.3 Å². The zero-order chi connectivity index (χ0) is 15.1. The van der Waals surface area contributed by atoms with E-state index >= 15 is 0 Å². The number of benzene rings is 2. The minimum atomic E-state index is -0.697. The highest BCUT2D eigenvalue weighted by Gasteiger charge is 2.17. The van der Waals surface area contributed by atoms with E-state index in [4.69, 9.17) is 17.3 Å². The highest BCUT2D eigenvalue weighted by molar-refractivity contribution is 6.30. The van der Waals surface area contributed by atoms with Gasteiger partial charge < -0.3 is 10.8 Å². The molecule has 3 aromatic rings. The first-order valence-electron chi connectivity index (χ1n) is 6.70. The number of fused-ring (bicyclic) bond motifs is 1. The van der Waals surface area contributed by atoms with E-state index in [1.807, 2.05) is 41.8 Å². The summed E-state index contributed by atoms with van der Waals surface area (Å²) in [6.07, 6.45) is -0.697. The lowest BCUT2D eigenvalue weighted by atomic mass is 10.2. The van der Waals surface area contributed by atoms with Crippen LogP contribution in [-0.4, -0.2) is 14.7 Å². The zero-order valence-electron chi connectivity index (χ0n) is 11.8. The first-order chi connectivity index (χ1) is 9.97. The van der Waals surface area contributed by atoms with Crippen molar-refractivity contribution in [2.75, 3.05) is 5.73 Å². The van der Waals surface area contributed by atoms with Crippen LogP contribution in [0.5, 0.6) is 0 Å². The molecule has 21 heavy (non-hydrogen) atoms. The standard InChI is InChI=1S/C16H16ClN3O/c1-9-3-4-11(17)7-15(9)20-14-6-5-12(18)8-13(14)19-16(20)10(2)21/h3-8,10,21H,18H2,1-2H3. The molecule has 0 aliphatic rings. The molecule has 5 heteroatoms. The van der Waals surface area contributed by atoms with Crippen molar-refractivity contribution in [1.82, 2.24) is 9.55 Å². The first-order valence-corrected chi connectivity index (χ1v) is 7.07. The quantitative estimate of drug-likeness (QED) is 0.711. The van der Waals surface area contributed by atoms with Gasteiger partial charge in [0.1, 0.15) is 11.9 Å². The number of nitrogens with two attached hydrogens (primary N) is 1. The smallest absolute Gasteiger partial charge is 0.143 e. The van der Waals surface area contributed by atoms with E-state index in [2.05, 4.69) is 4.98 Å². The van der Waals surface area contributed by atoms with Gasteiger partial charge in [0.05, 0.1) is 16.7 Å². The molecule has 0 amide bonds. The SMILES string of the molecule is Cc1ccc(Cl)cc1-n1c(C(C)O)nc2cc(N)ccc21. The van der Waals surface area contributed by atoms with Crippen molar-refractivity contribution in [2.24, 2.45) is 0 Å². The minimum absolute atomic E-state index is 0.570. The molecule has 0 aliphatic carbocycles. The van der Waals surface area contributed by atoms with Gasteiger partial charge in [-0.25, -0.2) is 4.98 Å². The molecule has 3 rings (SSSR count). The Morgan fingerprint density at radius 1 is 1.24 bits per heavy atom. The van der Waals surface area contributed by atoms with Gasteiger partial charge in [-0.1, -0.05) is 17.7 Å². The molecular formula is C16H16ClN3O. The lowest BCUT2D eigenvalue weighted by Crippen LogP contribution is -2.06. The van der Waals surface area contributed by atoms with Crippen LogP contribution in [0.25, 0.3) is 16.7 Å². The maximum absolute atomic E-state index is 10.0. The van der Waals surface area contributed by atoms with Gasteiger partial charge in [-0.3, -0.25) is 4.57 Å². The van der Waals surface area contributed by atoms with E-state index in [1.165, 1.54) is 0 Å². The summed E-state index contributed by atoms with van der Waals surface area (Å²) in [7, 11) is 0. The second-order valence-electron chi connectivity index (χ2n) is 5.16. The Labute approximate surface area is 127 Å². The van der Waals surface area contributed by atoms with Gasteiger partial charge in [0.15, 0.2) is 0 Å². The predicted molar refractivity (Wildman–Crippen MR) is 85.9 cm³/mol. The van der Waals surface area contributed by atoms with Crippen LogP contribution in [-0.2, 0) is 0 Å². The summed E-state index contributed by atoms with van der Waals surface area (Å²) in [5, 5.41) is 10.7. The average Bonchev–Trinajstić information content (AvgIpc) is 2.80. The molecular weight excluding hydrogens is 286 g/mol. The Kier molecular flexibility index (Phi) is 3.35. The Bertz CT molecular complexity index is 824. The van der Waals surface area contributed by atoms with E-state index in [0.29, 0.717) is 16.5 Å². The van der Waals surface area contributed by atoms with Crippen LogP contribution >= 0.6 is 11.6 Å². The lowest BCUT2D eigenvalue weighted by molar-refractivity contribution is 0.187. The highest BCUT2D eigenvalue weighted by atomic mass is 35.5. The van der Waals surface area contributed by atoms with Crippen LogP contribution in [0.15, 0.2) is 36.4 Å². The zero-order valence-corrected chi connectivity index (χ0v) is 12.6. The second-order valence-corrected chi connectivity index (χ2v) is 5.60. The maximum atomic E-state index is 10.0. The number of halogens is 1. The van der Waals surface area contributed by atoms with Crippen molar-refractivity contribution in [3.05, 3.63) is 52.8 Å². The number of aromatic nitrogens is 2. The van der Waals surface area contributed by atoms with Crippen LogP contribution in [0.3, 0.4) is 0 Å². The summed E-state index contributed by atoms with van der Waals surface area (Å²) < 4.78 is 1.93. The Morgan fingerprint density at radius 3 is 2.71 bits per heavy atom. The summed E-state index contributed by atoms with van der Waals surface area (Å²) in [5.41, 5.74) is 10.1. The first kappa shape index (κ1) is 13.9. The maximum Gasteiger partial charge on any atom is 0.143 e. The molecule has 0 saturated carbocycles. The molecule has 0 spiro atoms. The van der Waals surface area contributed by atoms with Crippen LogP contribution in [0.2, 0.25) is 5.02 Å². The van der Waals surface area contributed by atoms with Crippen molar-refractivity contribution in [2.45, 2.75) is 20.0 Å². The number of anilines is 1. The van der Waals surface area contributed by atoms with Gasteiger partial charge in [-0.15, -0.1) is 0 Å². The minimum Gasteiger partial charge on any atom is -0.399 e. The fourth-order valence-corrected chi connectivity index (χ4v) is 2.64. The van der Waals surface area contributed by atoms with E-state index in [0.717, 1.165) is 22.3 Å². The number of nitrogens with zero attached hydrogens (tertiary/aromatic N) is 2. The van der Waals surface area contributed by atoms with Crippen LogP contribution in [0.1, 0.15) is 24.4 Å². The summed E-state index contributed by atoms with van der Waals surface area (Å²) in [5.74, 6) is 0.570. The largest absolute Gasteiger partial charge is 0.399 e. The molecule has 0 bridgehead atoms. The van der Waals surface area contributed by atoms with Crippen LogP contribution < -0.4 is 5.73 Å². The highest BCUT2D eigenvalue weighted by Crippen LogP contribution is 2.29. The number of imidazole rings is 1. The Morgan fingerprint density at radius 2 is 2.00 bits per heavy atom. The van der Waals surface area contributed by atoms with E-state index in [9.17, 15) is 5.11 Å². The van der Waals surface area contributed by atoms with E-state index in [1.54, 1.807) is 13.0 Å². The van der Waals surface area contributed by atoms with E-state index in [-0.39, 0.29) is 0 Å². The number of rotatable bonds is 2. The fourth-order valence-electron chi connectivity index (χ4n) is 2.47. The molecule has 1 heterocycles. The van der Waals surface area contributed by atoms with Crippen molar-refractivity contribution < 1.29 is 5.11 Å². The average molecular weight is 302 g/mol. The topological polar surface area (TPSA) is 64.1 Å². The van der Waals surface area contributed by atoms with Crippen molar-refractivity contribution in [3.63, 3.8) is 0 Å². The second kappa shape index (κ2) is 5.06. The van der Waals surface area contributed by atoms with Gasteiger partial charge in [0.2, 0.25) is 0 Å². The molecule has 1 aromatic heterocycles. The van der Waals surface area contributed by atoms with E-state index < -0.39 is 6.10 Å².